The average molecular weight is 236 g/mol. The Bertz CT molecular complexity index is 310. The number of rotatable bonds is 4. The van der Waals surface area contributed by atoms with E-state index in [1.165, 1.54) is 32.1 Å². The van der Waals surface area contributed by atoms with Crippen LogP contribution in [0.3, 0.4) is 0 Å². The van der Waals surface area contributed by atoms with Crippen LogP contribution in [-0.2, 0) is 6.54 Å². The molecule has 2 rings (SSSR count). The van der Waals surface area contributed by atoms with Gasteiger partial charge in [0.2, 0.25) is 0 Å². The number of likely N-dealkylation sites (N-methyl/N-ethyl adjacent to an activating group) is 1. The van der Waals surface area contributed by atoms with E-state index >= 15 is 0 Å². The van der Waals surface area contributed by atoms with E-state index in [1.807, 2.05) is 12.1 Å². The van der Waals surface area contributed by atoms with Crippen molar-refractivity contribution in [3.8, 4) is 0 Å². The standard InChI is InChI=1S/C14H24N2O/c1-2-16(11-12-7-6-10-17-12)14-9-5-3-4-8-13(14)15/h6-7,10,13-14H,2-5,8-9,11,15H2,1H3. The molecule has 1 saturated carbocycles. The zero-order valence-electron chi connectivity index (χ0n) is 10.8. The molecule has 1 heterocycles. The quantitative estimate of drug-likeness (QED) is 0.817. The summed E-state index contributed by atoms with van der Waals surface area (Å²) in [5.41, 5.74) is 6.31. The zero-order chi connectivity index (χ0) is 12.1. The lowest BCUT2D eigenvalue weighted by atomic mass is 10.0. The third kappa shape index (κ3) is 3.33. The van der Waals surface area contributed by atoms with Gasteiger partial charge in [-0.25, -0.2) is 0 Å². The van der Waals surface area contributed by atoms with Gasteiger partial charge in [-0.2, -0.15) is 0 Å². The van der Waals surface area contributed by atoms with Gasteiger partial charge in [0.1, 0.15) is 5.76 Å². The van der Waals surface area contributed by atoms with Gasteiger partial charge in [0.15, 0.2) is 0 Å². The normalized spacial score (nSPS) is 26.1. The first-order valence-electron chi connectivity index (χ1n) is 6.83. The van der Waals surface area contributed by atoms with Crippen LogP contribution in [0.1, 0.15) is 44.8 Å². The zero-order valence-corrected chi connectivity index (χ0v) is 10.8. The van der Waals surface area contributed by atoms with E-state index in [0.717, 1.165) is 18.8 Å². The third-order valence-corrected chi connectivity index (χ3v) is 3.85. The summed E-state index contributed by atoms with van der Waals surface area (Å²) in [6.45, 7) is 4.14. The first kappa shape index (κ1) is 12.7. The fourth-order valence-electron chi connectivity index (χ4n) is 2.84. The van der Waals surface area contributed by atoms with Crippen LogP contribution in [0.15, 0.2) is 22.8 Å². The van der Waals surface area contributed by atoms with Crippen LogP contribution in [0, 0.1) is 0 Å². The van der Waals surface area contributed by atoms with Crippen LogP contribution in [-0.4, -0.2) is 23.5 Å². The smallest absolute Gasteiger partial charge is 0.117 e. The van der Waals surface area contributed by atoms with Crippen LogP contribution >= 0.6 is 0 Å². The summed E-state index contributed by atoms with van der Waals surface area (Å²) in [6, 6.07) is 4.85. The molecule has 2 unspecified atom stereocenters. The van der Waals surface area contributed by atoms with E-state index in [9.17, 15) is 0 Å². The number of nitrogens with zero attached hydrogens (tertiary/aromatic N) is 1. The van der Waals surface area contributed by atoms with Gasteiger partial charge in [0.25, 0.3) is 0 Å². The maximum atomic E-state index is 6.31. The number of hydrogen-bond acceptors (Lipinski definition) is 3. The summed E-state index contributed by atoms with van der Waals surface area (Å²) < 4.78 is 5.44. The molecule has 0 aromatic carbocycles. The second-order valence-electron chi connectivity index (χ2n) is 5.01. The second-order valence-corrected chi connectivity index (χ2v) is 5.01. The minimum absolute atomic E-state index is 0.326. The number of nitrogens with two attached hydrogens (primary N) is 1. The Morgan fingerprint density at radius 3 is 2.88 bits per heavy atom. The van der Waals surface area contributed by atoms with Crippen LogP contribution in [0.25, 0.3) is 0 Å². The molecule has 2 atom stereocenters. The average Bonchev–Trinajstić information content (AvgIpc) is 2.75. The number of hydrogen-bond donors (Lipinski definition) is 1. The van der Waals surface area contributed by atoms with Gasteiger partial charge < -0.3 is 10.2 Å². The molecule has 1 aliphatic rings. The van der Waals surface area contributed by atoms with Crippen molar-refractivity contribution in [2.45, 2.75) is 57.7 Å². The lowest BCUT2D eigenvalue weighted by Crippen LogP contribution is -2.46. The molecule has 1 aliphatic carbocycles. The minimum atomic E-state index is 0.326. The van der Waals surface area contributed by atoms with Gasteiger partial charge in [0, 0.05) is 12.1 Å². The second kappa shape index (κ2) is 6.22. The molecule has 1 aromatic heterocycles. The van der Waals surface area contributed by atoms with Crippen molar-refractivity contribution in [3.05, 3.63) is 24.2 Å². The Balaban J connectivity index is 2.00. The highest BCUT2D eigenvalue weighted by molar-refractivity contribution is 4.99. The molecule has 0 spiro atoms. The van der Waals surface area contributed by atoms with E-state index in [0.29, 0.717) is 12.1 Å². The van der Waals surface area contributed by atoms with Crippen molar-refractivity contribution in [1.82, 2.24) is 4.90 Å². The van der Waals surface area contributed by atoms with Crippen LogP contribution in [0.2, 0.25) is 0 Å². The summed E-state index contributed by atoms with van der Waals surface area (Å²) in [6.07, 6.45) is 8.08. The molecule has 17 heavy (non-hydrogen) atoms. The lowest BCUT2D eigenvalue weighted by molar-refractivity contribution is 0.151. The first-order chi connectivity index (χ1) is 8.31. The highest BCUT2D eigenvalue weighted by Crippen LogP contribution is 2.22. The molecule has 3 nitrogen and oxygen atoms in total. The third-order valence-electron chi connectivity index (χ3n) is 3.85. The van der Waals surface area contributed by atoms with Crippen molar-refractivity contribution >= 4 is 0 Å². The molecule has 96 valence electrons. The maximum absolute atomic E-state index is 6.31. The van der Waals surface area contributed by atoms with Crippen LogP contribution < -0.4 is 5.73 Å². The minimum Gasteiger partial charge on any atom is -0.468 e. The summed E-state index contributed by atoms with van der Waals surface area (Å²) in [5, 5.41) is 0. The van der Waals surface area contributed by atoms with Crippen molar-refractivity contribution in [2.24, 2.45) is 5.73 Å². The van der Waals surface area contributed by atoms with Crippen molar-refractivity contribution < 1.29 is 4.42 Å². The van der Waals surface area contributed by atoms with Gasteiger partial charge in [-0.15, -0.1) is 0 Å². The maximum Gasteiger partial charge on any atom is 0.117 e. The van der Waals surface area contributed by atoms with Gasteiger partial charge in [-0.1, -0.05) is 26.2 Å². The first-order valence-corrected chi connectivity index (χ1v) is 6.83. The Labute approximate surface area is 104 Å². The predicted octanol–water partition coefficient (Wildman–Crippen LogP) is 2.76. The Morgan fingerprint density at radius 1 is 1.35 bits per heavy atom. The molecule has 0 amide bonds. The molecular formula is C14H24N2O. The molecular weight excluding hydrogens is 212 g/mol. The molecule has 0 saturated heterocycles. The summed E-state index contributed by atoms with van der Waals surface area (Å²) in [7, 11) is 0. The lowest BCUT2D eigenvalue weighted by Gasteiger charge is -2.33. The van der Waals surface area contributed by atoms with Gasteiger partial charge in [-0.05, 0) is 31.5 Å². The Morgan fingerprint density at radius 2 is 2.18 bits per heavy atom. The van der Waals surface area contributed by atoms with E-state index < -0.39 is 0 Å². The number of furan rings is 1. The van der Waals surface area contributed by atoms with Gasteiger partial charge in [0.05, 0.1) is 12.8 Å². The largest absolute Gasteiger partial charge is 0.468 e. The molecule has 0 aliphatic heterocycles. The van der Waals surface area contributed by atoms with Crippen LogP contribution in [0.4, 0.5) is 0 Å². The molecule has 0 bridgehead atoms. The summed E-state index contributed by atoms with van der Waals surface area (Å²) in [5.74, 6) is 1.04. The topological polar surface area (TPSA) is 42.4 Å². The SMILES string of the molecule is CCN(Cc1ccco1)C1CCCCCC1N. The predicted molar refractivity (Wildman–Crippen MR) is 69.6 cm³/mol. The molecule has 1 aromatic rings. The van der Waals surface area contributed by atoms with Crippen LogP contribution in [0.5, 0.6) is 0 Å². The van der Waals surface area contributed by atoms with E-state index in [-0.39, 0.29) is 0 Å². The monoisotopic (exact) mass is 236 g/mol. The Hall–Kier alpha value is -0.800. The van der Waals surface area contributed by atoms with E-state index in [1.54, 1.807) is 6.26 Å². The van der Waals surface area contributed by atoms with E-state index in [2.05, 4.69) is 11.8 Å². The van der Waals surface area contributed by atoms with Crippen molar-refractivity contribution in [2.75, 3.05) is 6.54 Å². The van der Waals surface area contributed by atoms with Crippen molar-refractivity contribution in [3.63, 3.8) is 0 Å². The highest BCUT2D eigenvalue weighted by atomic mass is 16.3. The van der Waals surface area contributed by atoms with Gasteiger partial charge in [-0.3, -0.25) is 4.90 Å². The fraction of sp³-hybridized carbons (Fsp3) is 0.714. The highest BCUT2D eigenvalue weighted by Gasteiger charge is 2.25. The fourth-order valence-corrected chi connectivity index (χ4v) is 2.84. The molecule has 1 fully saturated rings. The molecule has 2 N–H and O–H groups in total. The molecule has 3 heteroatoms. The van der Waals surface area contributed by atoms with Crippen molar-refractivity contribution in [1.29, 1.82) is 0 Å². The summed E-state index contributed by atoms with van der Waals surface area (Å²) >= 11 is 0. The Kier molecular flexibility index (Phi) is 4.63. The summed E-state index contributed by atoms with van der Waals surface area (Å²) in [4.78, 5) is 2.47. The van der Waals surface area contributed by atoms with E-state index in [4.69, 9.17) is 10.2 Å². The van der Waals surface area contributed by atoms with Gasteiger partial charge >= 0.3 is 0 Å². The molecule has 0 radical (unpaired) electrons.